The fourth-order valence-electron chi connectivity index (χ4n) is 1.63. The van der Waals surface area contributed by atoms with Crippen LogP contribution < -0.4 is 16.2 Å². The van der Waals surface area contributed by atoms with Crippen molar-refractivity contribution < 1.29 is 12.9 Å². The molecule has 0 atom stereocenters. The van der Waals surface area contributed by atoms with E-state index in [0.29, 0.717) is 18.0 Å². The summed E-state index contributed by atoms with van der Waals surface area (Å²) in [7, 11) is -3.84. The number of nitrogens with zero attached hydrogens (tertiary/aromatic N) is 1. The molecule has 102 valence electrons. The number of sulfonamides is 1. The molecule has 1 aromatic heterocycles. The Bertz CT molecular complexity index is 694. The number of primary sulfonamides is 1. The molecule has 8 heteroatoms. The molecule has 2 aromatic rings. The highest BCUT2D eigenvalue weighted by Gasteiger charge is 2.14. The molecular formula is C11H14N4O3S. The van der Waals surface area contributed by atoms with Gasteiger partial charge >= 0.3 is 0 Å². The van der Waals surface area contributed by atoms with Crippen LogP contribution in [0.1, 0.15) is 11.5 Å². The van der Waals surface area contributed by atoms with Gasteiger partial charge in [-0.2, -0.15) is 0 Å². The summed E-state index contributed by atoms with van der Waals surface area (Å²) in [6.45, 7) is 2.15. The van der Waals surface area contributed by atoms with Gasteiger partial charge < -0.3 is 15.6 Å². The summed E-state index contributed by atoms with van der Waals surface area (Å²) in [5, 5.41) is 11.8. The maximum Gasteiger partial charge on any atom is 0.240 e. The second-order valence-electron chi connectivity index (χ2n) is 4.05. The Balaban J connectivity index is 2.22. The van der Waals surface area contributed by atoms with Crippen molar-refractivity contribution >= 4 is 21.4 Å². The molecule has 7 nitrogen and oxygen atoms in total. The van der Waals surface area contributed by atoms with Crippen molar-refractivity contribution in [1.29, 1.82) is 0 Å². The second-order valence-corrected chi connectivity index (χ2v) is 5.58. The summed E-state index contributed by atoms with van der Waals surface area (Å²) < 4.78 is 27.7. The van der Waals surface area contributed by atoms with Crippen LogP contribution in [0.25, 0.3) is 0 Å². The number of benzene rings is 1. The van der Waals surface area contributed by atoms with E-state index in [9.17, 15) is 8.42 Å². The Hall–Kier alpha value is -2.06. The number of anilines is 2. The molecule has 0 radical (unpaired) electrons. The Labute approximate surface area is 110 Å². The fraction of sp³-hybridized carbons (Fsp3) is 0.182. The zero-order chi connectivity index (χ0) is 14.0. The molecule has 0 aliphatic carbocycles. The summed E-state index contributed by atoms with van der Waals surface area (Å²) in [6, 6.07) is 6.35. The molecule has 0 spiro atoms. The molecule has 0 unspecified atom stereocenters. The van der Waals surface area contributed by atoms with Gasteiger partial charge in [0.05, 0.1) is 23.6 Å². The third kappa shape index (κ3) is 3.04. The van der Waals surface area contributed by atoms with E-state index in [0.717, 1.165) is 5.69 Å². The predicted octanol–water partition coefficient (Wildman–Crippen LogP) is 0.825. The summed E-state index contributed by atoms with van der Waals surface area (Å²) in [5.74, 6) is 0.623. The summed E-state index contributed by atoms with van der Waals surface area (Å²) >= 11 is 0. The minimum absolute atomic E-state index is 0.0845. The fourth-order valence-corrected chi connectivity index (χ4v) is 2.31. The van der Waals surface area contributed by atoms with Crippen molar-refractivity contribution in [3.63, 3.8) is 0 Å². The molecule has 2 rings (SSSR count). The molecule has 19 heavy (non-hydrogen) atoms. The van der Waals surface area contributed by atoms with Gasteiger partial charge in [-0.15, -0.1) is 0 Å². The van der Waals surface area contributed by atoms with Crippen LogP contribution in [0.2, 0.25) is 0 Å². The van der Waals surface area contributed by atoms with E-state index in [1.165, 1.54) is 6.07 Å². The third-order valence-corrected chi connectivity index (χ3v) is 3.47. The van der Waals surface area contributed by atoms with Gasteiger partial charge in [-0.1, -0.05) is 11.2 Å². The maximum absolute atomic E-state index is 11.3. The summed E-state index contributed by atoms with van der Waals surface area (Å²) in [4.78, 5) is -0.105. The Kier molecular flexibility index (Phi) is 3.45. The van der Waals surface area contributed by atoms with Crippen LogP contribution in [0.5, 0.6) is 0 Å². The van der Waals surface area contributed by atoms with Gasteiger partial charge in [0, 0.05) is 6.07 Å². The molecule has 0 aliphatic heterocycles. The van der Waals surface area contributed by atoms with Crippen molar-refractivity contribution in [2.75, 3.05) is 11.1 Å². The second kappa shape index (κ2) is 4.90. The molecule has 1 heterocycles. The lowest BCUT2D eigenvalue weighted by atomic mass is 10.2. The van der Waals surface area contributed by atoms with Crippen LogP contribution in [-0.4, -0.2) is 13.6 Å². The SMILES string of the molecule is Cc1cc(CNc2cccc(S(N)(=O)=O)c2N)on1. The number of nitrogens with two attached hydrogens (primary N) is 2. The highest BCUT2D eigenvalue weighted by atomic mass is 32.2. The molecule has 5 N–H and O–H groups in total. The zero-order valence-corrected chi connectivity index (χ0v) is 11.1. The Morgan fingerprint density at radius 2 is 2.16 bits per heavy atom. The van der Waals surface area contributed by atoms with Crippen molar-refractivity contribution in [3.8, 4) is 0 Å². The van der Waals surface area contributed by atoms with E-state index in [-0.39, 0.29) is 10.6 Å². The first-order valence-electron chi connectivity index (χ1n) is 5.45. The minimum atomic E-state index is -3.84. The highest BCUT2D eigenvalue weighted by molar-refractivity contribution is 7.89. The predicted molar refractivity (Wildman–Crippen MR) is 70.8 cm³/mol. The van der Waals surface area contributed by atoms with Gasteiger partial charge in [-0.3, -0.25) is 0 Å². The van der Waals surface area contributed by atoms with Crippen molar-refractivity contribution in [2.24, 2.45) is 5.14 Å². The Morgan fingerprint density at radius 3 is 2.74 bits per heavy atom. The third-order valence-electron chi connectivity index (χ3n) is 2.50. The number of rotatable bonds is 4. The first-order chi connectivity index (χ1) is 8.88. The average molecular weight is 282 g/mol. The minimum Gasteiger partial charge on any atom is -0.396 e. The zero-order valence-electron chi connectivity index (χ0n) is 10.3. The topological polar surface area (TPSA) is 124 Å². The lowest BCUT2D eigenvalue weighted by molar-refractivity contribution is 0.384. The number of aryl methyl sites for hydroxylation is 1. The van der Waals surface area contributed by atoms with Crippen LogP contribution in [0.3, 0.4) is 0 Å². The van der Waals surface area contributed by atoms with Crippen LogP contribution >= 0.6 is 0 Å². The first-order valence-corrected chi connectivity index (χ1v) is 7.00. The van der Waals surface area contributed by atoms with E-state index >= 15 is 0 Å². The highest BCUT2D eigenvalue weighted by Crippen LogP contribution is 2.26. The molecule has 0 bridgehead atoms. The van der Waals surface area contributed by atoms with Gasteiger partial charge in [-0.05, 0) is 19.1 Å². The number of nitrogens with one attached hydrogen (secondary N) is 1. The van der Waals surface area contributed by atoms with Gasteiger partial charge in [0.2, 0.25) is 10.0 Å². The van der Waals surface area contributed by atoms with E-state index in [1.54, 1.807) is 18.2 Å². The van der Waals surface area contributed by atoms with Crippen molar-refractivity contribution in [2.45, 2.75) is 18.4 Å². The number of hydrogen-bond acceptors (Lipinski definition) is 6. The van der Waals surface area contributed by atoms with E-state index in [1.807, 2.05) is 6.92 Å². The number of para-hydroxylation sites is 1. The number of hydrogen-bond donors (Lipinski definition) is 3. The van der Waals surface area contributed by atoms with Gasteiger partial charge in [-0.25, -0.2) is 13.6 Å². The molecule has 0 saturated heterocycles. The van der Waals surface area contributed by atoms with Gasteiger partial charge in [0.15, 0.2) is 5.76 Å². The Morgan fingerprint density at radius 1 is 1.42 bits per heavy atom. The van der Waals surface area contributed by atoms with Crippen molar-refractivity contribution in [3.05, 3.63) is 35.7 Å². The monoisotopic (exact) mass is 282 g/mol. The molecular weight excluding hydrogens is 268 g/mol. The molecule has 0 saturated carbocycles. The molecule has 0 amide bonds. The smallest absolute Gasteiger partial charge is 0.240 e. The summed E-state index contributed by atoms with van der Waals surface area (Å²) in [5.41, 5.74) is 7.09. The number of aromatic nitrogens is 1. The van der Waals surface area contributed by atoms with Crippen LogP contribution in [0.4, 0.5) is 11.4 Å². The van der Waals surface area contributed by atoms with E-state index < -0.39 is 10.0 Å². The van der Waals surface area contributed by atoms with Crippen LogP contribution in [0.15, 0.2) is 33.7 Å². The maximum atomic E-state index is 11.3. The van der Waals surface area contributed by atoms with Gasteiger partial charge in [0.1, 0.15) is 4.90 Å². The lowest BCUT2D eigenvalue weighted by Gasteiger charge is -2.10. The quantitative estimate of drug-likeness (QED) is 0.713. The standard InChI is InChI=1S/C11H14N4O3S/c1-7-5-8(18-15-7)6-14-9-3-2-4-10(11(9)12)19(13,16)17/h2-5,14H,6,12H2,1H3,(H2,13,16,17). The average Bonchev–Trinajstić information content (AvgIpc) is 2.72. The normalized spacial score (nSPS) is 11.5. The molecule has 0 aliphatic rings. The van der Waals surface area contributed by atoms with Crippen LogP contribution in [-0.2, 0) is 16.6 Å². The number of nitrogen functional groups attached to an aromatic ring is 1. The largest absolute Gasteiger partial charge is 0.396 e. The molecule has 0 fully saturated rings. The van der Waals surface area contributed by atoms with Crippen molar-refractivity contribution in [1.82, 2.24) is 5.16 Å². The first kappa shape index (κ1) is 13.4. The van der Waals surface area contributed by atoms with Gasteiger partial charge in [0.25, 0.3) is 0 Å². The van der Waals surface area contributed by atoms with Crippen LogP contribution in [0, 0.1) is 6.92 Å². The summed E-state index contributed by atoms with van der Waals surface area (Å²) in [6.07, 6.45) is 0. The van der Waals surface area contributed by atoms with E-state index in [4.69, 9.17) is 15.4 Å². The lowest BCUT2D eigenvalue weighted by Crippen LogP contribution is -2.15. The molecule has 1 aromatic carbocycles. The van der Waals surface area contributed by atoms with E-state index in [2.05, 4.69) is 10.5 Å².